The van der Waals surface area contributed by atoms with Gasteiger partial charge < -0.3 is 20.3 Å². The Balaban J connectivity index is 0.00000104. The molecule has 1 aromatic rings. The van der Waals surface area contributed by atoms with Crippen molar-refractivity contribution in [2.75, 3.05) is 51.2 Å². The number of nitrogens with one attached hydrogen (secondary N) is 2. The van der Waals surface area contributed by atoms with Crippen LogP contribution in [0.2, 0.25) is 0 Å². The van der Waals surface area contributed by atoms with E-state index in [2.05, 4.69) is 67.4 Å². The first kappa shape index (κ1) is 32.0. The second-order valence-electron chi connectivity index (χ2n) is 9.07. The van der Waals surface area contributed by atoms with E-state index in [1.807, 2.05) is 32.0 Å². The number of hydrogen-bond acceptors (Lipinski definition) is 4. The van der Waals surface area contributed by atoms with Gasteiger partial charge in [0.05, 0.1) is 6.61 Å². The van der Waals surface area contributed by atoms with E-state index in [4.69, 9.17) is 4.74 Å². The van der Waals surface area contributed by atoms with E-state index in [1.165, 1.54) is 16.8 Å². The van der Waals surface area contributed by atoms with Crippen molar-refractivity contribution in [3.8, 4) is 5.75 Å². The number of carbonyl (C=O) groups excluding carboxylic acids is 1. The minimum Gasteiger partial charge on any atom is -0.493 e. The molecular weight excluding hydrogens is 460 g/mol. The van der Waals surface area contributed by atoms with Crippen LogP contribution in [-0.2, 0) is 6.42 Å². The molecule has 1 saturated heterocycles. The first-order valence-corrected chi connectivity index (χ1v) is 13.8. The number of nitrogens with zero attached hydrogens (tertiary/aromatic N) is 2. The van der Waals surface area contributed by atoms with Gasteiger partial charge in [0.25, 0.3) is 0 Å². The Morgan fingerprint density at radius 2 is 1.76 bits per heavy atom. The van der Waals surface area contributed by atoms with Gasteiger partial charge in [-0.25, -0.2) is 4.79 Å². The minimum absolute atomic E-state index is 0.147. The van der Waals surface area contributed by atoms with Crippen molar-refractivity contribution in [3.63, 3.8) is 0 Å². The van der Waals surface area contributed by atoms with Gasteiger partial charge in [-0.2, -0.15) is 0 Å². The number of piperazine rings is 1. The minimum atomic E-state index is -0.147. The van der Waals surface area contributed by atoms with Crippen LogP contribution in [0.25, 0.3) is 0 Å². The molecule has 6 heteroatoms. The van der Waals surface area contributed by atoms with E-state index in [9.17, 15) is 4.79 Å². The largest absolute Gasteiger partial charge is 0.493 e. The molecule has 0 radical (unpaired) electrons. The molecule has 2 heterocycles. The zero-order chi connectivity index (χ0) is 27.6. The Morgan fingerprint density at radius 3 is 2.35 bits per heavy atom. The van der Waals surface area contributed by atoms with Crippen molar-refractivity contribution >= 4 is 11.7 Å². The predicted molar refractivity (Wildman–Crippen MR) is 159 cm³/mol. The van der Waals surface area contributed by atoms with Gasteiger partial charge in [0.15, 0.2) is 0 Å². The number of rotatable bonds is 9. The van der Waals surface area contributed by atoms with Gasteiger partial charge in [0.1, 0.15) is 5.75 Å². The van der Waals surface area contributed by atoms with Crippen molar-refractivity contribution in [2.24, 2.45) is 0 Å². The molecule has 2 amide bonds. The molecule has 0 aromatic heterocycles. The summed E-state index contributed by atoms with van der Waals surface area (Å²) >= 11 is 0. The Morgan fingerprint density at radius 1 is 1.08 bits per heavy atom. The van der Waals surface area contributed by atoms with Crippen LogP contribution in [-0.4, -0.2) is 61.7 Å². The van der Waals surface area contributed by atoms with E-state index in [0.717, 1.165) is 69.0 Å². The maximum atomic E-state index is 11.7. The molecule has 1 fully saturated rings. The lowest BCUT2D eigenvalue weighted by atomic mass is 10.1. The summed E-state index contributed by atoms with van der Waals surface area (Å²) in [5.41, 5.74) is 6.22. The van der Waals surface area contributed by atoms with Crippen molar-refractivity contribution in [2.45, 2.75) is 60.8 Å². The Bertz CT molecular complexity index is 902. The Kier molecular flexibility index (Phi) is 15.8. The van der Waals surface area contributed by atoms with E-state index < -0.39 is 0 Å². The molecule has 3 rings (SSSR count). The topological polar surface area (TPSA) is 56.8 Å². The first-order valence-electron chi connectivity index (χ1n) is 13.8. The highest BCUT2D eigenvalue weighted by Gasteiger charge is 2.19. The van der Waals surface area contributed by atoms with Crippen LogP contribution < -0.4 is 15.4 Å². The summed E-state index contributed by atoms with van der Waals surface area (Å²) in [6.45, 7) is 26.3. The van der Waals surface area contributed by atoms with Crippen LogP contribution >= 0.6 is 0 Å². The highest BCUT2D eigenvalue weighted by Crippen LogP contribution is 2.25. The van der Waals surface area contributed by atoms with Crippen molar-refractivity contribution in [3.05, 3.63) is 72.0 Å². The summed E-state index contributed by atoms with van der Waals surface area (Å²) < 4.78 is 5.96. The molecule has 37 heavy (non-hydrogen) atoms. The second kappa shape index (κ2) is 18.3. The monoisotopic (exact) mass is 510 g/mol. The maximum absolute atomic E-state index is 11.7. The fraction of sp³-hybridized carbons (Fsp3) is 0.516. The van der Waals surface area contributed by atoms with Crippen LogP contribution in [0, 0.1) is 0 Å². The summed E-state index contributed by atoms with van der Waals surface area (Å²) in [4.78, 5) is 16.8. The van der Waals surface area contributed by atoms with E-state index in [1.54, 1.807) is 12.2 Å². The second-order valence-corrected chi connectivity index (χ2v) is 9.07. The van der Waals surface area contributed by atoms with Crippen molar-refractivity contribution in [1.29, 1.82) is 0 Å². The zero-order valence-electron chi connectivity index (χ0n) is 24.2. The molecule has 2 aliphatic rings. The third-order valence-corrected chi connectivity index (χ3v) is 6.31. The summed E-state index contributed by atoms with van der Waals surface area (Å²) in [6, 6.07) is 5.84. The number of amides is 2. The molecule has 0 aliphatic carbocycles. The van der Waals surface area contributed by atoms with Crippen molar-refractivity contribution < 1.29 is 9.53 Å². The summed E-state index contributed by atoms with van der Waals surface area (Å²) in [5, 5.41) is 5.71. The fourth-order valence-electron chi connectivity index (χ4n) is 4.12. The van der Waals surface area contributed by atoms with E-state index >= 15 is 0 Å². The molecule has 6 nitrogen and oxygen atoms in total. The SMILES string of the molecule is C=CC=C.CC.CC/C=C(\C(C)=C(C)C)N1CCN(CCCOc2ccc3c(c2)NC(=O)NCC3)CC1. The summed E-state index contributed by atoms with van der Waals surface area (Å²) in [5.74, 6) is 0.817. The lowest BCUT2D eigenvalue weighted by Crippen LogP contribution is -2.46. The molecule has 0 atom stereocenters. The molecule has 0 bridgehead atoms. The molecular formula is C31H50N4O2. The summed E-state index contributed by atoms with van der Waals surface area (Å²) in [7, 11) is 0. The van der Waals surface area contributed by atoms with E-state index in [-0.39, 0.29) is 6.03 Å². The smallest absolute Gasteiger partial charge is 0.319 e. The molecule has 206 valence electrons. The third-order valence-electron chi connectivity index (χ3n) is 6.31. The van der Waals surface area contributed by atoms with Gasteiger partial charge in [-0.15, -0.1) is 0 Å². The number of fused-ring (bicyclic) bond motifs is 1. The average Bonchev–Trinajstić information content (AvgIpc) is 3.11. The normalized spacial score (nSPS) is 15.2. The number of urea groups is 1. The molecule has 2 N–H and O–H groups in total. The van der Waals surface area contributed by atoms with Gasteiger partial charge in [-0.3, -0.25) is 4.90 Å². The highest BCUT2D eigenvalue weighted by molar-refractivity contribution is 5.91. The van der Waals surface area contributed by atoms with Gasteiger partial charge in [0.2, 0.25) is 0 Å². The predicted octanol–water partition coefficient (Wildman–Crippen LogP) is 6.79. The standard InChI is InChI=1S/C25H38N4O2.C4H6.C2H6/c1-5-7-24(20(4)19(2)3)29-15-13-28(14-16-29)12-6-17-31-22-9-8-21-10-11-26-25(30)27-23(21)18-22;1-3-4-2;1-2/h7-9,18H,5-6,10-17H2,1-4H3,(H2,26,27,30);3-4H,1-2H2;1-2H3/b24-7+;;. The van der Waals surface area contributed by atoms with Crippen LogP contribution in [0.5, 0.6) is 5.75 Å². The third kappa shape index (κ3) is 11.3. The number of carbonyl (C=O) groups is 1. The molecule has 2 aliphatic heterocycles. The van der Waals surface area contributed by atoms with Crippen LogP contribution in [0.15, 0.2) is 66.4 Å². The number of anilines is 1. The molecule has 0 unspecified atom stereocenters. The lowest BCUT2D eigenvalue weighted by molar-refractivity contribution is 0.151. The van der Waals surface area contributed by atoms with Crippen LogP contribution in [0.4, 0.5) is 10.5 Å². The summed E-state index contributed by atoms with van der Waals surface area (Å²) in [6.07, 6.45) is 8.55. The molecule has 1 aromatic carbocycles. The fourth-order valence-corrected chi connectivity index (χ4v) is 4.12. The highest BCUT2D eigenvalue weighted by atomic mass is 16.5. The van der Waals surface area contributed by atoms with Gasteiger partial charge in [-0.05, 0) is 57.2 Å². The van der Waals surface area contributed by atoms with E-state index in [0.29, 0.717) is 13.2 Å². The lowest BCUT2D eigenvalue weighted by Gasteiger charge is -2.38. The number of ether oxygens (including phenoxy) is 1. The quantitative estimate of drug-likeness (QED) is 0.284. The van der Waals surface area contributed by atoms with Crippen LogP contribution in [0.1, 0.15) is 59.9 Å². The zero-order valence-corrected chi connectivity index (χ0v) is 24.2. The van der Waals surface area contributed by atoms with Gasteiger partial charge >= 0.3 is 6.03 Å². The number of benzene rings is 1. The number of hydrogen-bond donors (Lipinski definition) is 2. The van der Waals surface area contributed by atoms with Gasteiger partial charge in [0, 0.05) is 56.7 Å². The first-order chi connectivity index (χ1) is 17.9. The average molecular weight is 511 g/mol. The van der Waals surface area contributed by atoms with Crippen molar-refractivity contribution in [1.82, 2.24) is 15.1 Å². The van der Waals surface area contributed by atoms with Gasteiger partial charge in [-0.1, -0.05) is 63.8 Å². The Labute approximate surface area is 226 Å². The molecule has 0 saturated carbocycles. The Hall–Kier alpha value is -2.99. The number of allylic oxidation sites excluding steroid dienone is 5. The molecule has 0 spiro atoms. The maximum Gasteiger partial charge on any atom is 0.319 e. The van der Waals surface area contributed by atoms with Crippen LogP contribution in [0.3, 0.4) is 0 Å².